The summed E-state index contributed by atoms with van der Waals surface area (Å²) in [6.45, 7) is -0.725. The number of hydrazine groups is 1. The highest BCUT2D eigenvalue weighted by molar-refractivity contribution is 5.97. The minimum atomic E-state index is -1.39. The van der Waals surface area contributed by atoms with Gasteiger partial charge in [0.2, 0.25) is 0 Å². The van der Waals surface area contributed by atoms with Crippen molar-refractivity contribution in [3.63, 3.8) is 0 Å². The van der Waals surface area contributed by atoms with Crippen LogP contribution in [0.5, 0.6) is 0 Å². The van der Waals surface area contributed by atoms with Crippen LogP contribution in [0.4, 0.5) is 4.79 Å². The fourth-order valence-corrected chi connectivity index (χ4v) is 1.95. The molecule has 19 heavy (non-hydrogen) atoms. The van der Waals surface area contributed by atoms with Crippen molar-refractivity contribution >= 4 is 12.0 Å². The van der Waals surface area contributed by atoms with E-state index in [1.54, 1.807) is 0 Å². The Morgan fingerprint density at radius 3 is 2.68 bits per heavy atom. The molecule has 0 aromatic rings. The van der Waals surface area contributed by atoms with Gasteiger partial charge in [0, 0.05) is 0 Å². The molecule has 11 heteroatoms. The molecule has 108 valence electrons. The zero-order chi connectivity index (χ0) is 14.2. The molecule has 2 fully saturated rings. The van der Waals surface area contributed by atoms with Crippen molar-refractivity contribution in [3.8, 4) is 0 Å². The van der Waals surface area contributed by atoms with E-state index in [-0.39, 0.29) is 12.6 Å². The maximum Gasteiger partial charge on any atom is 0.327 e. The van der Waals surface area contributed by atoms with E-state index >= 15 is 0 Å². The average molecular weight is 277 g/mol. The molecule has 2 aliphatic heterocycles. The number of aliphatic hydroxyl groups is 3. The van der Waals surface area contributed by atoms with E-state index in [0.29, 0.717) is 0 Å². The van der Waals surface area contributed by atoms with Gasteiger partial charge < -0.3 is 25.3 Å². The molecule has 2 saturated heterocycles. The van der Waals surface area contributed by atoms with Crippen molar-refractivity contribution in [2.75, 3.05) is 13.3 Å². The van der Waals surface area contributed by atoms with Gasteiger partial charge in [-0.25, -0.2) is 10.6 Å². The lowest BCUT2D eigenvalue weighted by Gasteiger charge is -2.37. The number of nitrogens with two attached hydrogens (primary N) is 1. The fraction of sp³-hybridized carbons (Fsp3) is 0.750. The normalized spacial score (nSPS) is 37.9. The molecule has 2 amide bonds. The van der Waals surface area contributed by atoms with Crippen molar-refractivity contribution in [1.29, 1.82) is 0 Å². The molecular formula is C8H15N5O6. The van der Waals surface area contributed by atoms with Gasteiger partial charge in [0.1, 0.15) is 25.0 Å². The van der Waals surface area contributed by atoms with Crippen LogP contribution >= 0.6 is 0 Å². The number of aliphatic hydroxyl groups excluding tert-OH is 3. The topological polar surface area (TPSA) is 164 Å². The summed E-state index contributed by atoms with van der Waals surface area (Å²) in [5.41, 5.74) is 0. The van der Waals surface area contributed by atoms with Gasteiger partial charge in [0.15, 0.2) is 6.23 Å². The fourth-order valence-electron chi connectivity index (χ4n) is 1.95. The van der Waals surface area contributed by atoms with Crippen molar-refractivity contribution in [2.24, 2.45) is 11.0 Å². The van der Waals surface area contributed by atoms with E-state index in [2.05, 4.69) is 10.5 Å². The quantitative estimate of drug-likeness (QED) is 0.171. The van der Waals surface area contributed by atoms with Crippen LogP contribution in [-0.4, -0.2) is 80.2 Å². The Kier molecular flexibility index (Phi) is 3.73. The standard InChI is InChI=1S/C8H15N5O6/c9-13-2-12(8(17)10-7(13)11-18)6-5(16)4(15)3(1-14)19-6/h3-6,14-16,18H,1-2,9H2,(H,10,11,17)/t3-,4-,5-,6-/m1/s1. The van der Waals surface area contributed by atoms with Crippen molar-refractivity contribution in [1.82, 2.24) is 15.2 Å². The number of rotatable bonds is 2. The second-order valence-corrected chi connectivity index (χ2v) is 4.16. The van der Waals surface area contributed by atoms with Gasteiger partial charge >= 0.3 is 6.03 Å². The number of carbonyl (C=O) groups is 1. The van der Waals surface area contributed by atoms with Gasteiger partial charge in [-0.15, -0.1) is 0 Å². The molecule has 0 aliphatic carbocycles. The number of nitrogens with one attached hydrogen (secondary N) is 1. The number of nitrogens with zero attached hydrogens (tertiary/aromatic N) is 3. The molecule has 0 radical (unpaired) electrons. The van der Waals surface area contributed by atoms with E-state index in [1.807, 2.05) is 0 Å². The van der Waals surface area contributed by atoms with Crippen molar-refractivity contribution in [3.05, 3.63) is 0 Å². The SMILES string of the molecule is NN1CN([C@@H]2O[C@H](CO)[C@@H](O)[C@H]2O)C(=O)NC1=NO. The van der Waals surface area contributed by atoms with Crippen molar-refractivity contribution < 1.29 is 30.1 Å². The van der Waals surface area contributed by atoms with E-state index in [9.17, 15) is 15.0 Å². The van der Waals surface area contributed by atoms with Gasteiger partial charge in [-0.2, -0.15) is 0 Å². The van der Waals surface area contributed by atoms with Crippen LogP contribution in [0.1, 0.15) is 0 Å². The largest absolute Gasteiger partial charge is 0.408 e. The Bertz CT molecular complexity index is 392. The zero-order valence-corrected chi connectivity index (χ0v) is 9.75. The summed E-state index contributed by atoms with van der Waals surface area (Å²) in [5, 5.41) is 42.8. The van der Waals surface area contributed by atoms with Gasteiger partial charge in [-0.05, 0) is 5.16 Å². The first kappa shape index (κ1) is 13.8. The Hall–Kier alpha value is -1.66. The van der Waals surface area contributed by atoms with Crippen LogP contribution in [0.15, 0.2) is 5.16 Å². The van der Waals surface area contributed by atoms with E-state index in [0.717, 1.165) is 9.91 Å². The third-order valence-electron chi connectivity index (χ3n) is 2.98. The number of hydrogen-bond donors (Lipinski definition) is 6. The molecule has 0 aromatic heterocycles. The highest BCUT2D eigenvalue weighted by Gasteiger charge is 2.48. The predicted molar refractivity (Wildman–Crippen MR) is 58.2 cm³/mol. The van der Waals surface area contributed by atoms with Crippen LogP contribution in [0.25, 0.3) is 0 Å². The summed E-state index contributed by atoms with van der Waals surface area (Å²) < 4.78 is 5.19. The first-order valence-corrected chi connectivity index (χ1v) is 5.44. The molecule has 0 bridgehead atoms. The molecular weight excluding hydrogens is 262 g/mol. The Balaban J connectivity index is 2.12. The van der Waals surface area contributed by atoms with Crippen LogP contribution in [-0.2, 0) is 4.74 Å². The molecule has 0 aromatic carbocycles. The maximum atomic E-state index is 11.7. The number of ether oxygens (including phenoxy) is 1. The van der Waals surface area contributed by atoms with Crippen LogP contribution in [0.3, 0.4) is 0 Å². The summed E-state index contributed by atoms with van der Waals surface area (Å²) in [7, 11) is 0. The Morgan fingerprint density at radius 1 is 1.47 bits per heavy atom. The molecule has 0 unspecified atom stereocenters. The Labute approximate surface area is 107 Å². The molecule has 2 aliphatic rings. The van der Waals surface area contributed by atoms with E-state index in [1.165, 1.54) is 0 Å². The highest BCUT2D eigenvalue weighted by atomic mass is 16.6. The van der Waals surface area contributed by atoms with Gasteiger partial charge in [0.25, 0.3) is 5.96 Å². The average Bonchev–Trinajstić information content (AvgIpc) is 2.68. The third kappa shape index (κ3) is 2.29. The predicted octanol–water partition coefficient (Wildman–Crippen LogP) is -3.67. The lowest BCUT2D eigenvalue weighted by atomic mass is 10.1. The lowest BCUT2D eigenvalue weighted by Crippen LogP contribution is -2.65. The van der Waals surface area contributed by atoms with Crippen LogP contribution in [0, 0.1) is 0 Å². The monoisotopic (exact) mass is 277 g/mol. The van der Waals surface area contributed by atoms with E-state index in [4.69, 9.17) is 20.9 Å². The Morgan fingerprint density at radius 2 is 2.16 bits per heavy atom. The molecule has 0 spiro atoms. The molecule has 2 rings (SSSR count). The number of oxime groups is 1. The second kappa shape index (κ2) is 5.14. The number of urea groups is 1. The lowest BCUT2D eigenvalue weighted by molar-refractivity contribution is -0.0903. The molecule has 2 heterocycles. The summed E-state index contributed by atoms with van der Waals surface area (Å²) in [6.07, 6.45) is -4.86. The van der Waals surface area contributed by atoms with Crippen LogP contribution in [0.2, 0.25) is 0 Å². The first-order valence-electron chi connectivity index (χ1n) is 5.44. The van der Waals surface area contributed by atoms with Crippen LogP contribution < -0.4 is 11.2 Å². The zero-order valence-electron chi connectivity index (χ0n) is 9.75. The molecule has 4 atom stereocenters. The number of amides is 2. The maximum absolute atomic E-state index is 11.7. The van der Waals surface area contributed by atoms with Gasteiger partial charge in [-0.1, -0.05) is 0 Å². The summed E-state index contributed by atoms with van der Waals surface area (Å²) in [4.78, 5) is 12.7. The summed E-state index contributed by atoms with van der Waals surface area (Å²) >= 11 is 0. The molecule has 0 saturated carbocycles. The smallest absolute Gasteiger partial charge is 0.327 e. The molecule has 11 nitrogen and oxygen atoms in total. The third-order valence-corrected chi connectivity index (χ3v) is 2.98. The summed E-state index contributed by atoms with van der Waals surface area (Å²) in [6, 6.07) is -0.718. The first-order chi connectivity index (χ1) is 8.99. The van der Waals surface area contributed by atoms with E-state index < -0.39 is 37.2 Å². The van der Waals surface area contributed by atoms with Crippen molar-refractivity contribution in [2.45, 2.75) is 24.5 Å². The highest BCUT2D eigenvalue weighted by Crippen LogP contribution is 2.24. The number of guanidine groups is 1. The van der Waals surface area contributed by atoms with Gasteiger partial charge in [-0.3, -0.25) is 15.2 Å². The molecule has 7 N–H and O–H groups in total. The minimum Gasteiger partial charge on any atom is -0.408 e. The minimum absolute atomic E-state index is 0.224. The summed E-state index contributed by atoms with van der Waals surface area (Å²) in [5.74, 6) is 5.24. The second-order valence-electron chi connectivity index (χ2n) is 4.16. The van der Waals surface area contributed by atoms with Gasteiger partial charge in [0.05, 0.1) is 6.61 Å². The number of hydrogen-bond acceptors (Lipinski definition) is 8. The number of carbonyl (C=O) groups excluding carboxylic acids is 1.